The van der Waals surface area contributed by atoms with Gasteiger partial charge in [0.2, 0.25) is 0 Å². The Hall–Kier alpha value is -0.430. The predicted molar refractivity (Wildman–Crippen MR) is 97.2 cm³/mol. The second-order valence-corrected chi connectivity index (χ2v) is 8.23. The van der Waals surface area contributed by atoms with Crippen molar-refractivity contribution in [2.45, 2.75) is 82.3 Å². The lowest BCUT2D eigenvalue weighted by Crippen LogP contribution is -2.24. The number of benzene rings is 1. The maximum atomic E-state index is 2.31. The molecule has 1 aliphatic carbocycles. The van der Waals surface area contributed by atoms with Crippen molar-refractivity contribution in [1.82, 2.24) is 0 Å². The molecule has 1 heteroatoms. The lowest BCUT2D eigenvalue weighted by Gasteiger charge is -2.28. The Morgan fingerprint density at radius 1 is 0.905 bits per heavy atom. The number of thioether (sulfide) groups is 1. The Bertz CT molecular complexity index is 365. The molecule has 2 rings (SSSR count). The molecule has 0 heterocycles. The molecule has 1 saturated carbocycles. The first-order valence-electron chi connectivity index (χ1n) is 9.02. The Morgan fingerprint density at radius 2 is 1.57 bits per heavy atom. The summed E-state index contributed by atoms with van der Waals surface area (Å²) >= 11 is 2.29. The molecule has 0 aliphatic heterocycles. The van der Waals surface area contributed by atoms with Crippen LogP contribution in [0.5, 0.6) is 0 Å². The second kappa shape index (κ2) is 9.56. The SMILES string of the molecule is CCCCCCCCSC1(Cc2ccccc2)CCCC1. The summed E-state index contributed by atoms with van der Waals surface area (Å²) in [5, 5.41) is 0. The molecule has 0 unspecified atom stereocenters. The van der Waals surface area contributed by atoms with E-state index in [0.29, 0.717) is 4.75 Å². The Balaban J connectivity index is 1.71. The van der Waals surface area contributed by atoms with Gasteiger partial charge < -0.3 is 0 Å². The summed E-state index contributed by atoms with van der Waals surface area (Å²) in [6.07, 6.45) is 15.6. The molecule has 0 amide bonds. The van der Waals surface area contributed by atoms with Crippen LogP contribution in [0.15, 0.2) is 30.3 Å². The fourth-order valence-corrected chi connectivity index (χ4v) is 5.16. The topological polar surface area (TPSA) is 0 Å². The van der Waals surface area contributed by atoms with Crippen LogP contribution in [0.3, 0.4) is 0 Å². The van der Waals surface area contributed by atoms with E-state index in [0.717, 1.165) is 0 Å². The zero-order valence-corrected chi connectivity index (χ0v) is 14.6. The molecule has 1 aliphatic rings. The first kappa shape index (κ1) is 16.9. The van der Waals surface area contributed by atoms with E-state index in [1.54, 1.807) is 0 Å². The van der Waals surface area contributed by atoms with Gasteiger partial charge in [0, 0.05) is 4.75 Å². The van der Waals surface area contributed by atoms with Crippen molar-refractivity contribution in [3.63, 3.8) is 0 Å². The van der Waals surface area contributed by atoms with Crippen molar-refractivity contribution < 1.29 is 0 Å². The van der Waals surface area contributed by atoms with Gasteiger partial charge in [-0.25, -0.2) is 0 Å². The third-order valence-corrected chi connectivity index (χ3v) is 6.45. The molecule has 0 radical (unpaired) electrons. The van der Waals surface area contributed by atoms with Crippen LogP contribution in [0.2, 0.25) is 0 Å². The summed E-state index contributed by atoms with van der Waals surface area (Å²) in [6, 6.07) is 11.1. The lowest BCUT2D eigenvalue weighted by molar-refractivity contribution is 0.598. The first-order valence-corrected chi connectivity index (χ1v) is 10.0. The Morgan fingerprint density at radius 3 is 2.29 bits per heavy atom. The summed E-state index contributed by atoms with van der Waals surface area (Å²) < 4.78 is 0.560. The van der Waals surface area contributed by atoms with Crippen LogP contribution >= 0.6 is 11.8 Å². The van der Waals surface area contributed by atoms with E-state index < -0.39 is 0 Å². The van der Waals surface area contributed by atoms with E-state index in [-0.39, 0.29) is 0 Å². The highest BCUT2D eigenvalue weighted by atomic mass is 32.2. The molecule has 0 bridgehead atoms. The summed E-state index contributed by atoms with van der Waals surface area (Å²) in [7, 11) is 0. The van der Waals surface area contributed by atoms with Crippen LogP contribution in [0.4, 0.5) is 0 Å². The Kier molecular flexibility index (Phi) is 7.71. The van der Waals surface area contributed by atoms with Crippen molar-refractivity contribution in [2.75, 3.05) is 5.75 Å². The lowest BCUT2D eigenvalue weighted by atomic mass is 9.97. The van der Waals surface area contributed by atoms with Gasteiger partial charge in [-0.05, 0) is 37.0 Å². The Labute approximate surface area is 136 Å². The smallest absolute Gasteiger partial charge is 0.0200 e. The summed E-state index contributed by atoms with van der Waals surface area (Å²) in [5.41, 5.74) is 1.54. The number of hydrogen-bond acceptors (Lipinski definition) is 1. The van der Waals surface area contributed by atoms with E-state index in [9.17, 15) is 0 Å². The molecule has 21 heavy (non-hydrogen) atoms. The number of unbranched alkanes of at least 4 members (excludes halogenated alkanes) is 5. The van der Waals surface area contributed by atoms with Gasteiger partial charge in [0.05, 0.1) is 0 Å². The average Bonchev–Trinajstić information content (AvgIpc) is 2.96. The van der Waals surface area contributed by atoms with Crippen molar-refractivity contribution in [3.8, 4) is 0 Å². The molecule has 118 valence electrons. The molecule has 0 saturated heterocycles. The van der Waals surface area contributed by atoms with Gasteiger partial charge >= 0.3 is 0 Å². The summed E-state index contributed by atoms with van der Waals surface area (Å²) in [4.78, 5) is 0. The maximum absolute atomic E-state index is 2.31. The van der Waals surface area contributed by atoms with Gasteiger partial charge in [-0.3, -0.25) is 0 Å². The van der Waals surface area contributed by atoms with Gasteiger partial charge in [-0.1, -0.05) is 82.2 Å². The van der Waals surface area contributed by atoms with E-state index in [1.165, 1.54) is 81.9 Å². The summed E-state index contributed by atoms with van der Waals surface area (Å²) in [5.74, 6) is 1.37. The minimum absolute atomic E-state index is 0.560. The predicted octanol–water partition coefficient (Wildman–Crippen LogP) is 6.64. The molecule has 0 nitrogen and oxygen atoms in total. The third kappa shape index (κ3) is 6.06. The summed E-state index contributed by atoms with van der Waals surface area (Å²) in [6.45, 7) is 2.29. The number of hydrogen-bond donors (Lipinski definition) is 0. The molecule has 1 aromatic carbocycles. The molecule has 1 aromatic rings. The van der Waals surface area contributed by atoms with Crippen LogP contribution in [0.1, 0.15) is 76.7 Å². The van der Waals surface area contributed by atoms with Gasteiger partial charge in [0.25, 0.3) is 0 Å². The monoisotopic (exact) mass is 304 g/mol. The van der Waals surface area contributed by atoms with Gasteiger partial charge in [0.15, 0.2) is 0 Å². The third-order valence-electron chi connectivity index (χ3n) is 4.79. The van der Waals surface area contributed by atoms with Gasteiger partial charge in [-0.15, -0.1) is 0 Å². The quantitative estimate of drug-likeness (QED) is 0.437. The van der Waals surface area contributed by atoms with Crippen LogP contribution < -0.4 is 0 Å². The van der Waals surface area contributed by atoms with E-state index in [1.807, 2.05) is 0 Å². The van der Waals surface area contributed by atoms with Gasteiger partial charge in [0.1, 0.15) is 0 Å². The highest BCUT2D eigenvalue weighted by molar-refractivity contribution is 8.00. The van der Waals surface area contributed by atoms with Crippen molar-refractivity contribution in [2.24, 2.45) is 0 Å². The van der Waals surface area contributed by atoms with Crippen LogP contribution in [-0.4, -0.2) is 10.5 Å². The van der Waals surface area contributed by atoms with Crippen molar-refractivity contribution in [3.05, 3.63) is 35.9 Å². The van der Waals surface area contributed by atoms with E-state index >= 15 is 0 Å². The molecular formula is C20H32S. The van der Waals surface area contributed by atoms with Crippen molar-refractivity contribution in [1.29, 1.82) is 0 Å². The number of rotatable bonds is 10. The first-order chi connectivity index (χ1) is 10.3. The minimum Gasteiger partial charge on any atom is -0.155 e. The minimum atomic E-state index is 0.560. The standard InChI is InChI=1S/C20H32S/c1-2-3-4-5-6-12-17-21-20(15-10-11-16-20)18-19-13-8-7-9-14-19/h7-9,13-14H,2-6,10-12,15-18H2,1H3. The molecule has 0 aromatic heterocycles. The largest absolute Gasteiger partial charge is 0.155 e. The average molecular weight is 305 g/mol. The zero-order chi connectivity index (χ0) is 14.8. The molecular weight excluding hydrogens is 272 g/mol. The second-order valence-electron chi connectivity index (χ2n) is 6.67. The molecule has 0 spiro atoms. The fourth-order valence-electron chi connectivity index (χ4n) is 3.53. The van der Waals surface area contributed by atoms with E-state index in [2.05, 4.69) is 49.0 Å². The van der Waals surface area contributed by atoms with Crippen LogP contribution in [0, 0.1) is 0 Å². The molecule has 0 N–H and O–H groups in total. The van der Waals surface area contributed by atoms with E-state index in [4.69, 9.17) is 0 Å². The molecule has 1 fully saturated rings. The van der Waals surface area contributed by atoms with Crippen molar-refractivity contribution >= 4 is 11.8 Å². The van der Waals surface area contributed by atoms with Crippen LogP contribution in [0.25, 0.3) is 0 Å². The fraction of sp³-hybridized carbons (Fsp3) is 0.700. The van der Waals surface area contributed by atoms with Gasteiger partial charge in [-0.2, -0.15) is 11.8 Å². The highest BCUT2D eigenvalue weighted by Crippen LogP contribution is 2.44. The highest BCUT2D eigenvalue weighted by Gasteiger charge is 2.33. The molecule has 0 atom stereocenters. The van der Waals surface area contributed by atoms with Crippen LogP contribution in [-0.2, 0) is 6.42 Å². The zero-order valence-electron chi connectivity index (χ0n) is 13.8. The normalized spacial score (nSPS) is 17.2. The maximum Gasteiger partial charge on any atom is 0.0200 e.